The lowest BCUT2D eigenvalue weighted by molar-refractivity contribution is 0.111. The van der Waals surface area contributed by atoms with Crippen LogP contribution in [0, 0.1) is 0 Å². The number of carbonyl (C=O) groups excluding carboxylic acids is 1. The lowest BCUT2D eigenvalue weighted by Crippen LogP contribution is -2.07. The van der Waals surface area contributed by atoms with E-state index in [0.717, 1.165) is 12.8 Å². The van der Waals surface area contributed by atoms with Gasteiger partial charge >= 0.3 is 0 Å². The third-order valence-electron chi connectivity index (χ3n) is 3.52. The van der Waals surface area contributed by atoms with E-state index in [9.17, 15) is 4.79 Å². The third-order valence-corrected chi connectivity index (χ3v) is 3.52. The molecule has 0 spiro atoms. The number of aromatic nitrogens is 2. The first kappa shape index (κ1) is 11.4. The van der Waals surface area contributed by atoms with Crippen molar-refractivity contribution in [3.8, 4) is 0 Å². The second kappa shape index (κ2) is 5.28. The fourth-order valence-electron chi connectivity index (χ4n) is 2.67. The molecular weight excluding hydrogens is 200 g/mol. The number of aldehydes is 1. The molecule has 16 heavy (non-hydrogen) atoms. The van der Waals surface area contributed by atoms with Gasteiger partial charge in [0.25, 0.3) is 0 Å². The van der Waals surface area contributed by atoms with Crippen LogP contribution in [0.4, 0.5) is 0 Å². The van der Waals surface area contributed by atoms with Gasteiger partial charge in [-0.15, -0.1) is 0 Å². The highest BCUT2D eigenvalue weighted by molar-refractivity contribution is 5.71. The maximum Gasteiger partial charge on any atom is 0.170 e. The Morgan fingerprint density at radius 3 is 2.62 bits per heavy atom. The van der Waals surface area contributed by atoms with Crippen molar-refractivity contribution in [3.05, 3.63) is 17.5 Å². The van der Waals surface area contributed by atoms with E-state index in [0.29, 0.717) is 11.6 Å². The molecule has 1 aromatic rings. The first-order valence-corrected chi connectivity index (χ1v) is 6.38. The largest absolute Gasteiger partial charge is 0.296 e. The topological polar surface area (TPSA) is 34.9 Å². The molecule has 1 aromatic heterocycles. The number of hydrogen-bond acceptors (Lipinski definition) is 2. The SMILES string of the molecule is CCn1nc(C=O)cc1C1CCCCCC1. The Kier molecular flexibility index (Phi) is 3.75. The minimum Gasteiger partial charge on any atom is -0.296 e. The molecule has 0 radical (unpaired) electrons. The van der Waals surface area contributed by atoms with Gasteiger partial charge in [0.1, 0.15) is 5.69 Å². The van der Waals surface area contributed by atoms with Gasteiger partial charge in [-0.25, -0.2) is 0 Å². The molecule has 0 N–H and O–H groups in total. The second-order valence-electron chi connectivity index (χ2n) is 4.62. The van der Waals surface area contributed by atoms with Crippen molar-refractivity contribution < 1.29 is 4.79 Å². The van der Waals surface area contributed by atoms with Gasteiger partial charge in [0.05, 0.1) is 0 Å². The number of aryl methyl sites for hydroxylation is 1. The summed E-state index contributed by atoms with van der Waals surface area (Å²) in [7, 11) is 0. The third kappa shape index (κ3) is 2.34. The molecule has 0 aliphatic heterocycles. The quantitative estimate of drug-likeness (QED) is 0.579. The predicted molar refractivity (Wildman–Crippen MR) is 63.7 cm³/mol. The molecule has 1 saturated carbocycles. The van der Waals surface area contributed by atoms with Crippen molar-refractivity contribution in [1.29, 1.82) is 0 Å². The van der Waals surface area contributed by atoms with Gasteiger partial charge in [-0.05, 0) is 25.8 Å². The van der Waals surface area contributed by atoms with Crippen LogP contribution in [-0.4, -0.2) is 16.1 Å². The molecule has 0 amide bonds. The standard InChI is InChI=1S/C13H20N2O/c1-2-15-13(9-12(10-16)14-15)11-7-5-3-4-6-8-11/h9-11H,2-8H2,1H3. The first-order chi connectivity index (χ1) is 7.85. The summed E-state index contributed by atoms with van der Waals surface area (Å²) in [5.74, 6) is 0.614. The van der Waals surface area contributed by atoms with Crippen LogP contribution in [0.5, 0.6) is 0 Å². The summed E-state index contributed by atoms with van der Waals surface area (Å²) in [6.07, 6.45) is 8.71. The average Bonchev–Trinajstić information content (AvgIpc) is 2.55. The van der Waals surface area contributed by atoms with E-state index in [-0.39, 0.29) is 0 Å². The molecule has 0 atom stereocenters. The molecule has 1 fully saturated rings. The van der Waals surface area contributed by atoms with Crippen LogP contribution in [-0.2, 0) is 6.54 Å². The molecule has 3 heteroatoms. The summed E-state index contributed by atoms with van der Waals surface area (Å²) in [4.78, 5) is 10.8. The number of rotatable bonds is 3. The molecule has 0 saturated heterocycles. The van der Waals surface area contributed by atoms with Gasteiger partial charge in [-0.2, -0.15) is 5.10 Å². The zero-order valence-corrected chi connectivity index (χ0v) is 9.98. The van der Waals surface area contributed by atoms with Crippen LogP contribution >= 0.6 is 0 Å². The maximum absolute atomic E-state index is 10.8. The van der Waals surface area contributed by atoms with Crippen molar-refractivity contribution in [2.45, 2.75) is 57.9 Å². The summed E-state index contributed by atoms with van der Waals surface area (Å²) in [5, 5.41) is 4.30. The predicted octanol–water partition coefficient (Wildman–Crippen LogP) is 3.15. The zero-order valence-electron chi connectivity index (χ0n) is 9.98. The summed E-state index contributed by atoms with van der Waals surface area (Å²) in [6.45, 7) is 2.95. The van der Waals surface area contributed by atoms with Gasteiger partial charge in [-0.1, -0.05) is 25.7 Å². The summed E-state index contributed by atoms with van der Waals surface area (Å²) < 4.78 is 2.00. The first-order valence-electron chi connectivity index (χ1n) is 6.38. The molecule has 88 valence electrons. The Bertz CT molecular complexity index is 349. The van der Waals surface area contributed by atoms with E-state index in [1.165, 1.54) is 44.2 Å². The van der Waals surface area contributed by atoms with Crippen LogP contribution < -0.4 is 0 Å². The summed E-state index contributed by atoms with van der Waals surface area (Å²) in [6, 6.07) is 1.98. The van der Waals surface area contributed by atoms with Crippen LogP contribution in [0.15, 0.2) is 6.07 Å². The number of nitrogens with zero attached hydrogens (tertiary/aromatic N) is 2. The van der Waals surface area contributed by atoms with Gasteiger partial charge in [-0.3, -0.25) is 9.48 Å². The Balaban J connectivity index is 2.22. The second-order valence-corrected chi connectivity index (χ2v) is 4.62. The van der Waals surface area contributed by atoms with Crippen molar-refractivity contribution in [2.75, 3.05) is 0 Å². The highest BCUT2D eigenvalue weighted by Gasteiger charge is 2.19. The average molecular weight is 220 g/mol. The minimum absolute atomic E-state index is 0.584. The van der Waals surface area contributed by atoms with Gasteiger partial charge in [0.15, 0.2) is 6.29 Å². The molecule has 2 rings (SSSR count). The van der Waals surface area contributed by atoms with E-state index >= 15 is 0 Å². The smallest absolute Gasteiger partial charge is 0.170 e. The van der Waals surface area contributed by atoms with Crippen LogP contribution in [0.25, 0.3) is 0 Å². The highest BCUT2D eigenvalue weighted by Crippen LogP contribution is 2.31. The van der Waals surface area contributed by atoms with E-state index in [4.69, 9.17) is 0 Å². The Hall–Kier alpha value is -1.12. The molecule has 0 bridgehead atoms. The number of carbonyl (C=O) groups is 1. The Morgan fingerprint density at radius 1 is 1.38 bits per heavy atom. The molecule has 1 aliphatic carbocycles. The normalized spacial score (nSPS) is 18.3. The molecule has 0 unspecified atom stereocenters. The maximum atomic E-state index is 10.8. The fourth-order valence-corrected chi connectivity index (χ4v) is 2.67. The highest BCUT2D eigenvalue weighted by atomic mass is 16.1. The van der Waals surface area contributed by atoms with Crippen LogP contribution in [0.2, 0.25) is 0 Å². The monoisotopic (exact) mass is 220 g/mol. The van der Waals surface area contributed by atoms with E-state index in [1.54, 1.807) is 0 Å². The van der Waals surface area contributed by atoms with Gasteiger partial charge in [0, 0.05) is 18.2 Å². The van der Waals surface area contributed by atoms with Gasteiger partial charge in [0.2, 0.25) is 0 Å². The molecule has 1 heterocycles. The molecule has 3 nitrogen and oxygen atoms in total. The van der Waals surface area contributed by atoms with Gasteiger partial charge < -0.3 is 0 Å². The summed E-state index contributed by atoms with van der Waals surface area (Å²) >= 11 is 0. The van der Waals surface area contributed by atoms with Crippen molar-refractivity contribution in [2.24, 2.45) is 0 Å². The van der Waals surface area contributed by atoms with Crippen LogP contribution in [0.3, 0.4) is 0 Å². The molecule has 0 aromatic carbocycles. The minimum atomic E-state index is 0.584. The Labute approximate surface area is 96.8 Å². The van der Waals surface area contributed by atoms with Crippen molar-refractivity contribution >= 4 is 6.29 Å². The molecule has 1 aliphatic rings. The molecular formula is C13H20N2O. The van der Waals surface area contributed by atoms with Crippen molar-refractivity contribution in [1.82, 2.24) is 9.78 Å². The van der Waals surface area contributed by atoms with E-state index in [1.807, 2.05) is 10.7 Å². The van der Waals surface area contributed by atoms with E-state index in [2.05, 4.69) is 12.0 Å². The zero-order chi connectivity index (χ0) is 11.4. The lowest BCUT2D eigenvalue weighted by Gasteiger charge is -2.15. The van der Waals surface area contributed by atoms with E-state index < -0.39 is 0 Å². The summed E-state index contributed by atoms with van der Waals surface area (Å²) in [5.41, 5.74) is 1.85. The Morgan fingerprint density at radius 2 is 2.06 bits per heavy atom. The lowest BCUT2D eigenvalue weighted by atomic mass is 9.96. The van der Waals surface area contributed by atoms with Crippen LogP contribution in [0.1, 0.15) is 67.5 Å². The number of hydrogen-bond donors (Lipinski definition) is 0. The van der Waals surface area contributed by atoms with Crippen molar-refractivity contribution in [3.63, 3.8) is 0 Å². The fraction of sp³-hybridized carbons (Fsp3) is 0.692.